The van der Waals surface area contributed by atoms with Crippen molar-refractivity contribution in [1.82, 2.24) is 5.32 Å². The third-order valence-electron chi connectivity index (χ3n) is 10.8. The summed E-state index contributed by atoms with van der Waals surface area (Å²) in [5.41, 5.74) is -0.131. The number of carbonyl (C=O) groups is 1. The minimum atomic E-state index is -0.513. The van der Waals surface area contributed by atoms with Crippen molar-refractivity contribution in [3.8, 4) is 0 Å². The maximum atomic E-state index is 13.2. The van der Waals surface area contributed by atoms with E-state index in [1.54, 1.807) is 0 Å². The Morgan fingerprint density at radius 3 is 2.22 bits per heavy atom. The molecule has 1 aliphatic heterocycles. The van der Waals surface area contributed by atoms with E-state index in [1.807, 2.05) is 0 Å². The summed E-state index contributed by atoms with van der Waals surface area (Å²) < 4.78 is 0. The second kappa shape index (κ2) is 8.28. The van der Waals surface area contributed by atoms with E-state index in [-0.39, 0.29) is 16.5 Å². The Labute approximate surface area is 197 Å². The molecule has 0 spiro atoms. The first kappa shape index (κ1) is 24.6. The quantitative estimate of drug-likeness (QED) is 0.477. The summed E-state index contributed by atoms with van der Waals surface area (Å²) in [4.78, 5) is 13.2. The molecule has 4 rings (SSSR count). The van der Waals surface area contributed by atoms with Gasteiger partial charge in [0.2, 0.25) is 0 Å². The Hall–Kier alpha value is -0.570. The highest BCUT2D eigenvalue weighted by atomic mass is 16.4. The second-order valence-corrected chi connectivity index (χ2v) is 14.5. The summed E-state index contributed by atoms with van der Waals surface area (Å²) in [6.45, 7) is 16.5. The molecule has 4 aliphatic rings. The van der Waals surface area contributed by atoms with Crippen LogP contribution in [0.3, 0.4) is 0 Å². The number of hydrogen-bond acceptors (Lipinski definition) is 2. The van der Waals surface area contributed by atoms with Crippen molar-refractivity contribution in [3.05, 3.63) is 0 Å². The Kier molecular flexibility index (Phi) is 6.35. The molecular weight excluding hydrogens is 394 g/mol. The molecule has 3 unspecified atom stereocenters. The SMILES string of the molecule is CC(C)C1CC[C@H]2C(CCC3[C@](CC4CC(C)(C)NC(C)(C)C4)(C(=O)O)CCC[C@@]32C)C1. The van der Waals surface area contributed by atoms with E-state index in [0.717, 1.165) is 62.2 Å². The number of carboxylic acid groups (broad SMARTS) is 1. The van der Waals surface area contributed by atoms with Gasteiger partial charge in [0.15, 0.2) is 0 Å². The van der Waals surface area contributed by atoms with Gasteiger partial charge in [-0.25, -0.2) is 0 Å². The molecule has 0 aromatic carbocycles. The number of piperidine rings is 1. The van der Waals surface area contributed by atoms with Gasteiger partial charge in [-0.05, 0) is 133 Å². The van der Waals surface area contributed by atoms with Crippen LogP contribution in [0.2, 0.25) is 0 Å². The first-order valence-corrected chi connectivity index (χ1v) is 13.8. The maximum Gasteiger partial charge on any atom is 0.309 e. The Morgan fingerprint density at radius 1 is 0.969 bits per heavy atom. The number of nitrogens with one attached hydrogen (secondary N) is 1. The lowest BCUT2D eigenvalue weighted by atomic mass is 9.42. The number of hydrogen-bond donors (Lipinski definition) is 2. The lowest BCUT2D eigenvalue weighted by Crippen LogP contribution is -2.60. The molecule has 0 amide bonds. The van der Waals surface area contributed by atoms with Crippen molar-refractivity contribution in [1.29, 1.82) is 0 Å². The predicted octanol–water partition coefficient (Wildman–Crippen LogP) is 7.29. The van der Waals surface area contributed by atoms with Crippen molar-refractivity contribution in [3.63, 3.8) is 0 Å². The van der Waals surface area contributed by atoms with Crippen molar-refractivity contribution in [2.75, 3.05) is 0 Å². The molecule has 1 heterocycles. The fourth-order valence-electron chi connectivity index (χ4n) is 10.1. The van der Waals surface area contributed by atoms with E-state index in [1.165, 1.54) is 32.1 Å². The summed E-state index contributed by atoms with van der Waals surface area (Å²) in [6, 6.07) is 0. The highest BCUT2D eigenvalue weighted by Gasteiger charge is 2.61. The Balaban J connectivity index is 1.61. The largest absolute Gasteiger partial charge is 0.481 e. The minimum Gasteiger partial charge on any atom is -0.481 e. The molecule has 0 bridgehead atoms. The first-order valence-electron chi connectivity index (χ1n) is 13.8. The standard InChI is InChI=1S/C29H51NO2/c1-19(2)21-9-11-23-22(15-21)10-12-24-28(23,7)13-8-14-29(24,25(31)32)18-20-16-26(3,4)30-27(5,6)17-20/h19-24,30H,8-18H2,1-7H3,(H,31,32)/t21?,22?,23-,24?,28+,29-/m0/s1. The van der Waals surface area contributed by atoms with Crippen LogP contribution in [0.15, 0.2) is 0 Å². The van der Waals surface area contributed by atoms with E-state index in [0.29, 0.717) is 11.8 Å². The number of rotatable bonds is 4. The third-order valence-corrected chi connectivity index (χ3v) is 10.8. The fraction of sp³-hybridized carbons (Fsp3) is 0.966. The average molecular weight is 446 g/mol. The Morgan fingerprint density at radius 2 is 1.62 bits per heavy atom. The van der Waals surface area contributed by atoms with E-state index < -0.39 is 11.4 Å². The molecule has 3 nitrogen and oxygen atoms in total. The molecule has 0 aromatic heterocycles. The summed E-state index contributed by atoms with van der Waals surface area (Å²) in [7, 11) is 0. The summed E-state index contributed by atoms with van der Waals surface area (Å²) in [5, 5.41) is 14.6. The molecule has 4 fully saturated rings. The molecule has 3 aliphatic carbocycles. The van der Waals surface area contributed by atoms with Gasteiger partial charge in [-0.1, -0.05) is 27.2 Å². The molecule has 3 heteroatoms. The number of fused-ring (bicyclic) bond motifs is 3. The van der Waals surface area contributed by atoms with Crippen LogP contribution in [0.5, 0.6) is 0 Å². The van der Waals surface area contributed by atoms with Gasteiger partial charge in [0, 0.05) is 11.1 Å². The van der Waals surface area contributed by atoms with Crippen LogP contribution >= 0.6 is 0 Å². The molecule has 3 saturated carbocycles. The molecule has 184 valence electrons. The smallest absolute Gasteiger partial charge is 0.309 e. The normalized spacial score (nSPS) is 44.0. The topological polar surface area (TPSA) is 49.3 Å². The lowest BCUT2D eigenvalue weighted by Gasteiger charge is -2.62. The van der Waals surface area contributed by atoms with Crippen LogP contribution in [0.4, 0.5) is 0 Å². The monoisotopic (exact) mass is 445 g/mol. The summed E-state index contributed by atoms with van der Waals surface area (Å²) >= 11 is 0. The van der Waals surface area contributed by atoms with Gasteiger partial charge in [-0.2, -0.15) is 0 Å². The predicted molar refractivity (Wildman–Crippen MR) is 133 cm³/mol. The van der Waals surface area contributed by atoms with Crippen LogP contribution in [-0.2, 0) is 4.79 Å². The highest BCUT2D eigenvalue weighted by molar-refractivity contribution is 5.75. The van der Waals surface area contributed by atoms with Gasteiger partial charge in [0.1, 0.15) is 0 Å². The first-order chi connectivity index (χ1) is 14.8. The molecule has 2 N–H and O–H groups in total. The van der Waals surface area contributed by atoms with Crippen LogP contribution in [0.25, 0.3) is 0 Å². The van der Waals surface area contributed by atoms with Crippen molar-refractivity contribution >= 4 is 5.97 Å². The van der Waals surface area contributed by atoms with Crippen molar-refractivity contribution in [2.24, 2.45) is 46.3 Å². The maximum absolute atomic E-state index is 13.2. The van der Waals surface area contributed by atoms with Crippen LogP contribution < -0.4 is 5.32 Å². The molecular formula is C29H51NO2. The van der Waals surface area contributed by atoms with Gasteiger partial charge < -0.3 is 10.4 Å². The molecule has 6 atom stereocenters. The lowest BCUT2D eigenvalue weighted by molar-refractivity contribution is -0.180. The molecule has 0 aromatic rings. The number of aliphatic carboxylic acids is 1. The summed E-state index contributed by atoms with van der Waals surface area (Å²) in [6.07, 6.45) is 12.8. The van der Waals surface area contributed by atoms with Gasteiger partial charge >= 0.3 is 5.97 Å². The molecule has 1 saturated heterocycles. The van der Waals surface area contributed by atoms with Crippen molar-refractivity contribution < 1.29 is 9.90 Å². The Bertz CT molecular complexity index is 696. The van der Waals surface area contributed by atoms with E-state index in [9.17, 15) is 9.90 Å². The van der Waals surface area contributed by atoms with Crippen LogP contribution in [0.1, 0.15) is 119 Å². The van der Waals surface area contributed by atoms with Gasteiger partial charge in [0.25, 0.3) is 0 Å². The number of carboxylic acids is 1. The zero-order valence-electron chi connectivity index (χ0n) is 22.1. The minimum absolute atomic E-state index is 0.0803. The van der Waals surface area contributed by atoms with E-state index in [4.69, 9.17) is 0 Å². The van der Waals surface area contributed by atoms with Crippen LogP contribution in [-0.4, -0.2) is 22.2 Å². The fourth-order valence-corrected chi connectivity index (χ4v) is 10.1. The van der Waals surface area contributed by atoms with Gasteiger partial charge in [-0.3, -0.25) is 4.79 Å². The van der Waals surface area contributed by atoms with Crippen LogP contribution in [0, 0.1) is 46.3 Å². The summed E-state index contributed by atoms with van der Waals surface area (Å²) in [5.74, 6) is 3.63. The van der Waals surface area contributed by atoms with Crippen molar-refractivity contribution in [2.45, 2.75) is 130 Å². The zero-order chi connectivity index (χ0) is 23.5. The zero-order valence-corrected chi connectivity index (χ0v) is 22.1. The van der Waals surface area contributed by atoms with E-state index >= 15 is 0 Å². The highest BCUT2D eigenvalue weighted by Crippen LogP contribution is 2.66. The van der Waals surface area contributed by atoms with Gasteiger partial charge in [0.05, 0.1) is 5.41 Å². The molecule has 32 heavy (non-hydrogen) atoms. The molecule has 0 radical (unpaired) electrons. The second-order valence-electron chi connectivity index (χ2n) is 14.5. The third kappa shape index (κ3) is 4.29. The average Bonchev–Trinajstić information content (AvgIpc) is 2.64. The van der Waals surface area contributed by atoms with E-state index in [2.05, 4.69) is 53.8 Å². The van der Waals surface area contributed by atoms with Gasteiger partial charge in [-0.15, -0.1) is 0 Å².